The predicted molar refractivity (Wildman–Crippen MR) is 118 cm³/mol. The van der Waals surface area contributed by atoms with E-state index in [0.29, 0.717) is 48.5 Å². The van der Waals surface area contributed by atoms with E-state index in [-0.39, 0.29) is 24.0 Å². The van der Waals surface area contributed by atoms with Gasteiger partial charge in [-0.2, -0.15) is 10.1 Å². The maximum atomic E-state index is 13.1. The molecule has 3 aromatic rings. The molecule has 0 saturated carbocycles. The van der Waals surface area contributed by atoms with Crippen molar-refractivity contribution in [2.45, 2.75) is 38.3 Å². The molecule has 3 heterocycles. The second-order valence-corrected chi connectivity index (χ2v) is 7.90. The second-order valence-electron chi connectivity index (χ2n) is 7.90. The van der Waals surface area contributed by atoms with Crippen molar-refractivity contribution >= 4 is 17.6 Å². The van der Waals surface area contributed by atoms with Crippen LogP contribution >= 0.6 is 0 Å². The Morgan fingerprint density at radius 2 is 1.84 bits per heavy atom. The number of aromatic nitrogens is 3. The predicted octanol–water partition coefficient (Wildman–Crippen LogP) is 3.11. The van der Waals surface area contributed by atoms with Gasteiger partial charge in [-0.25, -0.2) is 4.68 Å². The number of carbonyl (C=O) groups is 2. The van der Waals surface area contributed by atoms with Crippen LogP contribution in [0.5, 0.6) is 0 Å². The summed E-state index contributed by atoms with van der Waals surface area (Å²) in [4.78, 5) is 44.4. The fourth-order valence-corrected chi connectivity index (χ4v) is 4.69. The SMILES string of the molecule is CCOC(=O)CCC12CCC(=O)N1c1ccccc1-c1nc(=O)c(-c3ccccc3)nn12. The van der Waals surface area contributed by atoms with Crippen molar-refractivity contribution < 1.29 is 14.3 Å². The van der Waals surface area contributed by atoms with E-state index in [9.17, 15) is 14.4 Å². The molecule has 1 amide bonds. The Kier molecular flexibility index (Phi) is 4.84. The number of esters is 1. The van der Waals surface area contributed by atoms with Gasteiger partial charge in [0.05, 0.1) is 12.3 Å². The minimum Gasteiger partial charge on any atom is -0.466 e. The zero-order valence-electron chi connectivity index (χ0n) is 17.7. The number of nitrogens with zero attached hydrogens (tertiary/aromatic N) is 4. The summed E-state index contributed by atoms with van der Waals surface area (Å²) >= 11 is 0. The Morgan fingerprint density at radius 3 is 2.62 bits per heavy atom. The van der Waals surface area contributed by atoms with E-state index in [4.69, 9.17) is 9.84 Å². The average Bonchev–Trinajstić information content (AvgIpc) is 3.16. The summed E-state index contributed by atoms with van der Waals surface area (Å²) in [6.07, 6.45) is 1.20. The summed E-state index contributed by atoms with van der Waals surface area (Å²) in [7, 11) is 0. The normalized spacial score (nSPS) is 18.7. The highest BCUT2D eigenvalue weighted by Crippen LogP contribution is 2.49. The second kappa shape index (κ2) is 7.71. The molecule has 1 atom stereocenters. The van der Waals surface area contributed by atoms with Crippen molar-refractivity contribution in [3.8, 4) is 22.6 Å². The van der Waals surface area contributed by atoms with Gasteiger partial charge in [-0.3, -0.25) is 19.3 Å². The third-order valence-corrected chi connectivity index (χ3v) is 6.08. The van der Waals surface area contributed by atoms with Gasteiger partial charge in [-0.15, -0.1) is 0 Å². The van der Waals surface area contributed by atoms with E-state index >= 15 is 0 Å². The van der Waals surface area contributed by atoms with Gasteiger partial charge in [-0.05, 0) is 19.1 Å². The average molecular weight is 430 g/mol. The molecule has 2 aliphatic rings. The van der Waals surface area contributed by atoms with Gasteiger partial charge >= 0.3 is 5.97 Å². The smallest absolute Gasteiger partial charge is 0.305 e. The summed E-state index contributed by atoms with van der Waals surface area (Å²) in [5, 5.41) is 4.75. The van der Waals surface area contributed by atoms with Gasteiger partial charge in [-0.1, -0.05) is 42.5 Å². The number of carbonyl (C=O) groups excluding carboxylic acids is 2. The van der Waals surface area contributed by atoms with Crippen LogP contribution in [0.2, 0.25) is 0 Å². The Labute approximate surface area is 184 Å². The van der Waals surface area contributed by atoms with Crippen LogP contribution in [-0.2, 0) is 20.0 Å². The van der Waals surface area contributed by atoms with Gasteiger partial charge in [0.1, 0.15) is 5.66 Å². The lowest BCUT2D eigenvalue weighted by molar-refractivity contribution is -0.143. The molecule has 2 aliphatic heterocycles. The molecule has 2 aromatic carbocycles. The largest absolute Gasteiger partial charge is 0.466 e. The van der Waals surface area contributed by atoms with Crippen LogP contribution in [0.15, 0.2) is 59.4 Å². The van der Waals surface area contributed by atoms with E-state index in [1.54, 1.807) is 28.6 Å². The fourth-order valence-electron chi connectivity index (χ4n) is 4.69. The minimum atomic E-state index is -0.933. The van der Waals surface area contributed by atoms with Crippen molar-refractivity contribution in [1.82, 2.24) is 14.8 Å². The zero-order chi connectivity index (χ0) is 22.3. The topological polar surface area (TPSA) is 94.4 Å². The molecule has 1 fully saturated rings. The molecule has 8 heteroatoms. The van der Waals surface area contributed by atoms with Crippen LogP contribution in [0.3, 0.4) is 0 Å². The number of ether oxygens (including phenoxy) is 1. The Hall–Kier alpha value is -3.81. The van der Waals surface area contributed by atoms with Gasteiger partial charge in [0, 0.05) is 36.8 Å². The van der Waals surface area contributed by atoms with Crippen LogP contribution in [0.25, 0.3) is 22.6 Å². The van der Waals surface area contributed by atoms with Crippen LogP contribution in [0, 0.1) is 0 Å². The van der Waals surface area contributed by atoms with E-state index < -0.39 is 11.2 Å². The zero-order valence-corrected chi connectivity index (χ0v) is 17.7. The van der Waals surface area contributed by atoms with E-state index in [1.807, 2.05) is 42.5 Å². The molecule has 162 valence electrons. The number of anilines is 1. The summed E-state index contributed by atoms with van der Waals surface area (Å²) in [6, 6.07) is 16.5. The van der Waals surface area contributed by atoms with Crippen molar-refractivity contribution in [3.05, 3.63) is 65.0 Å². The lowest BCUT2D eigenvalue weighted by Gasteiger charge is -2.44. The van der Waals surface area contributed by atoms with Crippen molar-refractivity contribution in [2.75, 3.05) is 11.5 Å². The molecule has 0 aliphatic carbocycles. The molecule has 1 aromatic heterocycles. The highest BCUT2D eigenvalue weighted by Gasteiger charge is 2.53. The first-order valence-electron chi connectivity index (χ1n) is 10.7. The van der Waals surface area contributed by atoms with Crippen LogP contribution in [0.1, 0.15) is 32.6 Å². The Balaban J connectivity index is 1.74. The maximum absolute atomic E-state index is 13.1. The molecule has 0 spiro atoms. The van der Waals surface area contributed by atoms with Gasteiger partial charge in [0.15, 0.2) is 11.5 Å². The molecular weight excluding hydrogens is 408 g/mol. The Morgan fingerprint density at radius 1 is 1.09 bits per heavy atom. The van der Waals surface area contributed by atoms with E-state index in [2.05, 4.69) is 4.98 Å². The molecule has 1 unspecified atom stereocenters. The fraction of sp³-hybridized carbons (Fsp3) is 0.292. The number of rotatable bonds is 5. The number of amides is 1. The standard InChI is InChI=1S/C24H22N4O4/c1-2-32-20(30)13-15-24-14-12-19(29)27(24)18-11-7-6-10-17(18)22-25-23(31)21(26-28(22)24)16-8-4-3-5-9-16/h3-11H,2,12-15H2,1H3. The highest BCUT2D eigenvalue weighted by atomic mass is 16.5. The number of para-hydroxylation sites is 1. The summed E-state index contributed by atoms with van der Waals surface area (Å²) in [5.74, 6) is 0.0210. The quantitative estimate of drug-likeness (QED) is 0.578. The van der Waals surface area contributed by atoms with E-state index in [0.717, 1.165) is 0 Å². The molecule has 0 bridgehead atoms. The minimum absolute atomic E-state index is 0.0475. The Bertz CT molecular complexity index is 1270. The monoisotopic (exact) mass is 430 g/mol. The van der Waals surface area contributed by atoms with Crippen molar-refractivity contribution in [3.63, 3.8) is 0 Å². The van der Waals surface area contributed by atoms with Crippen LogP contribution in [-0.4, -0.2) is 33.2 Å². The van der Waals surface area contributed by atoms with Gasteiger partial charge in [0.25, 0.3) is 5.56 Å². The maximum Gasteiger partial charge on any atom is 0.305 e. The van der Waals surface area contributed by atoms with Crippen molar-refractivity contribution in [2.24, 2.45) is 0 Å². The highest BCUT2D eigenvalue weighted by molar-refractivity contribution is 6.01. The molecule has 1 saturated heterocycles. The van der Waals surface area contributed by atoms with E-state index in [1.165, 1.54) is 0 Å². The number of fused-ring (bicyclic) bond motifs is 6. The summed E-state index contributed by atoms with van der Waals surface area (Å²) in [6.45, 7) is 2.05. The first-order chi connectivity index (χ1) is 15.5. The first kappa shape index (κ1) is 20.1. The molecule has 0 N–H and O–H groups in total. The lowest BCUT2D eigenvalue weighted by atomic mass is 9.95. The summed E-state index contributed by atoms with van der Waals surface area (Å²) < 4.78 is 6.82. The molecule has 32 heavy (non-hydrogen) atoms. The first-order valence-corrected chi connectivity index (χ1v) is 10.7. The lowest BCUT2D eigenvalue weighted by Crippen LogP contribution is -2.53. The molecular formula is C24H22N4O4. The van der Waals surface area contributed by atoms with Crippen LogP contribution < -0.4 is 10.5 Å². The van der Waals surface area contributed by atoms with Gasteiger partial charge in [0.2, 0.25) is 5.91 Å². The van der Waals surface area contributed by atoms with Gasteiger partial charge < -0.3 is 4.74 Å². The van der Waals surface area contributed by atoms with Crippen LogP contribution in [0.4, 0.5) is 5.69 Å². The molecule has 8 nitrogen and oxygen atoms in total. The third-order valence-electron chi connectivity index (χ3n) is 6.08. The number of benzene rings is 2. The van der Waals surface area contributed by atoms with Crippen molar-refractivity contribution in [1.29, 1.82) is 0 Å². The number of hydrogen-bond acceptors (Lipinski definition) is 6. The molecule has 5 rings (SSSR count). The third kappa shape index (κ3) is 3.02. The molecule has 0 radical (unpaired) electrons. The summed E-state index contributed by atoms with van der Waals surface area (Å²) in [5.41, 5.74) is 0.839. The number of hydrogen-bond donors (Lipinski definition) is 0.